The second-order valence-corrected chi connectivity index (χ2v) is 6.01. The number of hydrogen-bond donors (Lipinski definition) is 0. The lowest BCUT2D eigenvalue weighted by molar-refractivity contribution is 0.406. The van der Waals surface area contributed by atoms with E-state index >= 15 is 0 Å². The van der Waals surface area contributed by atoms with Crippen LogP contribution < -0.4 is 14.4 Å². The molecular formula is C21H26FN3O2. The molecular weight excluding hydrogens is 345 g/mol. The maximum absolute atomic E-state index is 13.4. The van der Waals surface area contributed by atoms with E-state index in [1.807, 2.05) is 32.2 Å². The van der Waals surface area contributed by atoms with E-state index in [9.17, 15) is 4.39 Å². The molecule has 6 heteroatoms. The van der Waals surface area contributed by atoms with Crippen LogP contribution in [0.15, 0.2) is 53.8 Å². The monoisotopic (exact) mass is 371 g/mol. The Kier molecular flexibility index (Phi) is 7.79. The first-order chi connectivity index (χ1) is 13.1. The molecule has 0 fully saturated rings. The third-order valence-electron chi connectivity index (χ3n) is 3.86. The van der Waals surface area contributed by atoms with Crippen molar-refractivity contribution in [3.63, 3.8) is 0 Å². The first kappa shape index (κ1) is 20.4. The van der Waals surface area contributed by atoms with Crippen LogP contribution in [-0.2, 0) is 6.42 Å². The number of halogens is 1. The molecule has 144 valence electrons. The van der Waals surface area contributed by atoms with Gasteiger partial charge in [0.05, 0.1) is 19.7 Å². The normalized spacial score (nSPS) is 11.7. The van der Waals surface area contributed by atoms with Crippen LogP contribution in [0.5, 0.6) is 11.5 Å². The Bertz CT molecular complexity index is 789. The molecule has 1 heterocycles. The van der Waals surface area contributed by atoms with Gasteiger partial charge in [-0.05, 0) is 31.5 Å². The van der Waals surface area contributed by atoms with E-state index in [1.54, 1.807) is 18.5 Å². The molecule has 0 amide bonds. The summed E-state index contributed by atoms with van der Waals surface area (Å²) in [5.41, 5.74) is 0.786. The third-order valence-corrected chi connectivity index (χ3v) is 3.86. The molecule has 0 N–H and O–H groups in total. The summed E-state index contributed by atoms with van der Waals surface area (Å²) in [5, 5.41) is 0. The van der Waals surface area contributed by atoms with Crippen LogP contribution >= 0.6 is 0 Å². The van der Waals surface area contributed by atoms with Gasteiger partial charge in [-0.25, -0.2) is 14.4 Å². The van der Waals surface area contributed by atoms with Crippen LogP contribution in [0.4, 0.5) is 10.2 Å². The van der Waals surface area contributed by atoms with Crippen molar-refractivity contribution in [2.45, 2.75) is 26.7 Å². The van der Waals surface area contributed by atoms with E-state index in [1.165, 1.54) is 19.2 Å². The summed E-state index contributed by atoms with van der Waals surface area (Å²) in [5.74, 6) is 2.06. The molecule has 0 aliphatic rings. The average Bonchev–Trinajstić information content (AvgIpc) is 2.68. The van der Waals surface area contributed by atoms with Crippen molar-refractivity contribution in [2.75, 3.05) is 25.6 Å². The van der Waals surface area contributed by atoms with Crippen molar-refractivity contribution < 1.29 is 13.9 Å². The fourth-order valence-corrected chi connectivity index (χ4v) is 2.54. The first-order valence-electron chi connectivity index (χ1n) is 8.92. The Labute approximate surface area is 160 Å². The summed E-state index contributed by atoms with van der Waals surface area (Å²) in [4.78, 5) is 10.9. The van der Waals surface area contributed by atoms with Gasteiger partial charge in [0.15, 0.2) is 5.90 Å². The third kappa shape index (κ3) is 6.09. The second-order valence-electron chi connectivity index (χ2n) is 6.01. The van der Waals surface area contributed by atoms with E-state index in [2.05, 4.69) is 21.8 Å². The summed E-state index contributed by atoms with van der Waals surface area (Å²) in [6.07, 6.45) is 6.56. The van der Waals surface area contributed by atoms with Gasteiger partial charge in [-0.1, -0.05) is 19.1 Å². The van der Waals surface area contributed by atoms with Gasteiger partial charge in [-0.3, -0.25) is 0 Å². The highest BCUT2D eigenvalue weighted by Crippen LogP contribution is 2.22. The number of pyridine rings is 1. The standard InChI is InChI=1S/C21H26FN3O2/c1-5-11-23-21(13-16-7-8-17(22)14-19(16)26-4)27-18-9-10-20(24-15-18)25(3)12-6-2/h5,7-11,14-15H,6,12-13H2,1-4H3/b11-5-,23-21+. The number of ether oxygens (including phenoxy) is 2. The van der Waals surface area contributed by atoms with Gasteiger partial charge in [0.25, 0.3) is 0 Å². The van der Waals surface area contributed by atoms with Gasteiger partial charge >= 0.3 is 0 Å². The molecule has 0 bridgehead atoms. The molecule has 2 aromatic rings. The predicted octanol–water partition coefficient (Wildman–Crippen LogP) is 4.63. The molecule has 0 saturated carbocycles. The SMILES string of the molecule is C/C=C\N=C(/Cc1ccc(F)cc1OC)Oc1ccc(N(C)CCC)nc1. The Morgan fingerprint density at radius 1 is 1.30 bits per heavy atom. The molecule has 1 aromatic heterocycles. The number of aromatic nitrogens is 1. The zero-order chi connectivity index (χ0) is 19.6. The number of aliphatic imine (C=N–C) groups is 1. The molecule has 27 heavy (non-hydrogen) atoms. The summed E-state index contributed by atoms with van der Waals surface area (Å²) in [7, 11) is 3.52. The highest BCUT2D eigenvalue weighted by molar-refractivity contribution is 5.82. The molecule has 0 saturated heterocycles. The quantitative estimate of drug-likeness (QED) is 0.501. The molecule has 0 spiro atoms. The van der Waals surface area contributed by atoms with Crippen LogP contribution in [0.1, 0.15) is 25.8 Å². The highest BCUT2D eigenvalue weighted by Gasteiger charge is 2.11. The van der Waals surface area contributed by atoms with Crippen LogP contribution in [-0.4, -0.2) is 31.6 Å². The number of methoxy groups -OCH3 is 1. The van der Waals surface area contributed by atoms with Crippen LogP contribution in [0.2, 0.25) is 0 Å². The number of nitrogens with zero attached hydrogens (tertiary/aromatic N) is 3. The van der Waals surface area contributed by atoms with E-state index in [0.29, 0.717) is 23.8 Å². The van der Waals surface area contributed by atoms with Crippen molar-refractivity contribution in [3.05, 3.63) is 60.2 Å². The Hall–Kier alpha value is -2.89. The maximum Gasteiger partial charge on any atom is 0.199 e. The summed E-state index contributed by atoms with van der Waals surface area (Å²) in [6, 6.07) is 8.19. The number of anilines is 1. The van der Waals surface area contributed by atoms with Crippen LogP contribution in [0.3, 0.4) is 0 Å². The lowest BCUT2D eigenvalue weighted by Crippen LogP contribution is -2.19. The zero-order valence-electron chi connectivity index (χ0n) is 16.3. The van der Waals surface area contributed by atoms with Crippen molar-refractivity contribution in [1.29, 1.82) is 0 Å². The van der Waals surface area contributed by atoms with Crippen LogP contribution in [0.25, 0.3) is 0 Å². The minimum atomic E-state index is -0.348. The van der Waals surface area contributed by atoms with Crippen molar-refractivity contribution in [2.24, 2.45) is 4.99 Å². The van der Waals surface area contributed by atoms with Crippen LogP contribution in [0, 0.1) is 5.82 Å². The van der Waals surface area contributed by atoms with E-state index in [0.717, 1.165) is 24.3 Å². The van der Waals surface area contributed by atoms with Gasteiger partial charge in [-0.15, -0.1) is 0 Å². The largest absolute Gasteiger partial charge is 0.496 e. The van der Waals surface area contributed by atoms with Gasteiger partial charge in [-0.2, -0.15) is 0 Å². The van der Waals surface area contributed by atoms with Gasteiger partial charge in [0.1, 0.15) is 23.1 Å². The van der Waals surface area contributed by atoms with E-state index < -0.39 is 0 Å². The van der Waals surface area contributed by atoms with Gasteiger partial charge in [0.2, 0.25) is 0 Å². The van der Waals surface area contributed by atoms with E-state index in [-0.39, 0.29) is 5.82 Å². The number of allylic oxidation sites excluding steroid dienone is 1. The molecule has 0 unspecified atom stereocenters. The van der Waals surface area contributed by atoms with Gasteiger partial charge in [0, 0.05) is 31.4 Å². The molecule has 0 aliphatic heterocycles. The zero-order valence-corrected chi connectivity index (χ0v) is 16.3. The Morgan fingerprint density at radius 2 is 2.11 bits per heavy atom. The van der Waals surface area contributed by atoms with Crippen molar-refractivity contribution in [1.82, 2.24) is 4.98 Å². The van der Waals surface area contributed by atoms with Gasteiger partial charge < -0.3 is 14.4 Å². The Balaban J connectivity index is 2.18. The molecule has 1 aromatic carbocycles. The first-order valence-corrected chi connectivity index (χ1v) is 8.92. The minimum absolute atomic E-state index is 0.348. The van der Waals surface area contributed by atoms with Crippen molar-refractivity contribution >= 4 is 11.7 Å². The molecule has 0 radical (unpaired) electrons. The number of rotatable bonds is 8. The Morgan fingerprint density at radius 3 is 2.74 bits per heavy atom. The second kappa shape index (κ2) is 10.3. The molecule has 0 aliphatic carbocycles. The number of benzene rings is 1. The fraction of sp³-hybridized carbons (Fsp3) is 0.333. The lowest BCUT2D eigenvalue weighted by atomic mass is 10.1. The minimum Gasteiger partial charge on any atom is -0.496 e. The topological polar surface area (TPSA) is 47.0 Å². The summed E-state index contributed by atoms with van der Waals surface area (Å²) < 4.78 is 24.6. The fourth-order valence-electron chi connectivity index (χ4n) is 2.54. The smallest absolute Gasteiger partial charge is 0.199 e. The summed E-state index contributed by atoms with van der Waals surface area (Å²) >= 11 is 0. The highest BCUT2D eigenvalue weighted by atomic mass is 19.1. The number of hydrogen-bond acceptors (Lipinski definition) is 5. The van der Waals surface area contributed by atoms with E-state index in [4.69, 9.17) is 9.47 Å². The predicted molar refractivity (Wildman–Crippen MR) is 107 cm³/mol. The molecule has 2 rings (SSSR count). The summed E-state index contributed by atoms with van der Waals surface area (Å²) in [6.45, 7) is 4.94. The lowest BCUT2D eigenvalue weighted by Gasteiger charge is -2.17. The molecule has 5 nitrogen and oxygen atoms in total. The van der Waals surface area contributed by atoms with Crippen molar-refractivity contribution in [3.8, 4) is 11.5 Å². The average molecular weight is 371 g/mol. The maximum atomic E-state index is 13.4. The molecule has 0 atom stereocenters.